The van der Waals surface area contributed by atoms with Crippen molar-refractivity contribution in [1.82, 2.24) is 9.80 Å². The maximum Gasteiger partial charge on any atom is 0.265 e. The molecule has 2 amide bonds. The highest BCUT2D eigenvalue weighted by Crippen LogP contribution is 2.15. The number of likely N-dealkylation sites (N-methyl/N-ethyl adjacent to an activating group) is 2. The number of thiocarbonyl (C=S) groups is 1. The van der Waals surface area contributed by atoms with E-state index in [4.69, 9.17) is 12.2 Å². The van der Waals surface area contributed by atoms with Gasteiger partial charge < -0.3 is 0 Å². The molecule has 17 heavy (non-hydrogen) atoms. The lowest BCUT2D eigenvalue weighted by Crippen LogP contribution is -2.55. The molecule has 0 aromatic heterocycles. The molecule has 0 radical (unpaired) electrons. The van der Waals surface area contributed by atoms with Crippen LogP contribution in [0.1, 0.15) is 34.1 Å². The van der Waals surface area contributed by atoms with Crippen molar-refractivity contribution in [1.29, 1.82) is 0 Å². The largest absolute Gasteiger partial charge is 0.285 e. The predicted octanol–water partition coefficient (Wildman–Crippen LogP) is 1.95. The van der Waals surface area contributed by atoms with Gasteiger partial charge in [0.25, 0.3) is 11.8 Å². The first kappa shape index (κ1) is 15.8. The van der Waals surface area contributed by atoms with E-state index in [1.54, 1.807) is 13.8 Å². The SMILES string of the molecule is C=C1C(=O)N(CC)C(=S)N(CC)C1=O.CCC. The van der Waals surface area contributed by atoms with Crippen LogP contribution in [0.25, 0.3) is 0 Å². The van der Waals surface area contributed by atoms with Crippen molar-refractivity contribution in [3.05, 3.63) is 12.2 Å². The topological polar surface area (TPSA) is 40.6 Å². The Kier molecular flexibility index (Phi) is 6.65. The average molecular weight is 256 g/mol. The van der Waals surface area contributed by atoms with Gasteiger partial charge in [0, 0.05) is 13.1 Å². The zero-order valence-electron chi connectivity index (χ0n) is 10.9. The normalized spacial score (nSPS) is 16.0. The fourth-order valence-corrected chi connectivity index (χ4v) is 1.72. The fourth-order valence-electron chi connectivity index (χ4n) is 1.29. The van der Waals surface area contributed by atoms with Gasteiger partial charge in [0.2, 0.25) is 0 Å². The molecule has 0 bridgehead atoms. The van der Waals surface area contributed by atoms with Gasteiger partial charge in [-0.1, -0.05) is 26.8 Å². The molecule has 0 aromatic rings. The van der Waals surface area contributed by atoms with Crippen molar-refractivity contribution in [2.45, 2.75) is 34.1 Å². The Morgan fingerprint density at radius 3 is 1.53 bits per heavy atom. The molecule has 0 saturated carbocycles. The van der Waals surface area contributed by atoms with E-state index in [1.165, 1.54) is 16.2 Å². The van der Waals surface area contributed by atoms with Crippen LogP contribution in [0.15, 0.2) is 12.2 Å². The Hall–Kier alpha value is -1.23. The van der Waals surface area contributed by atoms with Crippen molar-refractivity contribution >= 4 is 29.1 Å². The van der Waals surface area contributed by atoms with E-state index in [2.05, 4.69) is 20.4 Å². The third-order valence-corrected chi connectivity index (χ3v) is 2.54. The van der Waals surface area contributed by atoms with Crippen LogP contribution in [-0.2, 0) is 9.59 Å². The summed E-state index contributed by atoms with van der Waals surface area (Å²) in [5, 5.41) is 0.275. The standard InChI is InChI=1S/C9H12N2O2S.C3H8/c1-4-10-7(12)6(3)8(13)11(5-2)9(10)14;1-3-2/h3-5H2,1-2H3;3H2,1-2H3. The van der Waals surface area contributed by atoms with Crippen molar-refractivity contribution in [3.63, 3.8) is 0 Å². The van der Waals surface area contributed by atoms with Gasteiger partial charge in [-0.3, -0.25) is 19.4 Å². The Morgan fingerprint density at radius 2 is 1.29 bits per heavy atom. The molecule has 1 rings (SSSR count). The Balaban J connectivity index is 0.000000770. The molecule has 0 N–H and O–H groups in total. The quantitative estimate of drug-likeness (QED) is 0.431. The Morgan fingerprint density at radius 1 is 1.00 bits per heavy atom. The summed E-state index contributed by atoms with van der Waals surface area (Å²) in [5.41, 5.74) is -0.0118. The third kappa shape index (κ3) is 3.36. The second kappa shape index (κ2) is 7.17. The molecule has 0 spiro atoms. The zero-order valence-corrected chi connectivity index (χ0v) is 11.8. The van der Waals surface area contributed by atoms with Crippen LogP contribution < -0.4 is 0 Å². The molecule has 0 aliphatic carbocycles. The highest BCUT2D eigenvalue weighted by molar-refractivity contribution is 7.80. The van der Waals surface area contributed by atoms with Crippen LogP contribution in [0.3, 0.4) is 0 Å². The number of hydrogen-bond donors (Lipinski definition) is 0. The molecular formula is C12H20N2O2S. The lowest BCUT2D eigenvalue weighted by Gasteiger charge is -2.34. The molecule has 4 nitrogen and oxygen atoms in total. The molecule has 0 atom stereocenters. The number of nitrogens with zero attached hydrogens (tertiary/aromatic N) is 2. The van der Waals surface area contributed by atoms with Crippen LogP contribution >= 0.6 is 12.2 Å². The van der Waals surface area contributed by atoms with Crippen molar-refractivity contribution < 1.29 is 9.59 Å². The summed E-state index contributed by atoms with van der Waals surface area (Å²) in [6.07, 6.45) is 1.25. The maximum absolute atomic E-state index is 11.5. The van der Waals surface area contributed by atoms with E-state index >= 15 is 0 Å². The molecule has 1 aliphatic heterocycles. The van der Waals surface area contributed by atoms with E-state index in [9.17, 15) is 9.59 Å². The van der Waals surface area contributed by atoms with Gasteiger partial charge in [-0.15, -0.1) is 0 Å². The summed E-state index contributed by atoms with van der Waals surface area (Å²) in [6, 6.07) is 0. The molecule has 0 aromatic carbocycles. The average Bonchev–Trinajstić information content (AvgIpc) is 2.29. The molecule has 96 valence electrons. The van der Waals surface area contributed by atoms with Gasteiger partial charge in [-0.05, 0) is 26.1 Å². The minimum Gasteiger partial charge on any atom is -0.285 e. The molecule has 1 heterocycles. The summed E-state index contributed by atoms with van der Waals surface area (Å²) in [4.78, 5) is 25.8. The van der Waals surface area contributed by atoms with E-state index in [0.717, 1.165) is 0 Å². The van der Waals surface area contributed by atoms with E-state index in [1.807, 2.05) is 0 Å². The highest BCUT2D eigenvalue weighted by Gasteiger charge is 2.36. The number of hydrogen-bond acceptors (Lipinski definition) is 3. The van der Waals surface area contributed by atoms with Crippen molar-refractivity contribution in [3.8, 4) is 0 Å². The molecule has 5 heteroatoms. The van der Waals surface area contributed by atoms with Gasteiger partial charge in [0.1, 0.15) is 0 Å². The first-order valence-corrected chi connectivity index (χ1v) is 6.23. The minimum absolute atomic E-state index is 0.0118. The second-order valence-electron chi connectivity index (χ2n) is 3.57. The van der Waals surface area contributed by atoms with Crippen molar-refractivity contribution in [2.75, 3.05) is 13.1 Å². The van der Waals surface area contributed by atoms with Gasteiger partial charge in [0.05, 0.1) is 5.57 Å². The van der Waals surface area contributed by atoms with E-state index in [0.29, 0.717) is 13.1 Å². The zero-order chi connectivity index (χ0) is 13.6. The first-order chi connectivity index (χ1) is 7.95. The first-order valence-electron chi connectivity index (χ1n) is 5.82. The summed E-state index contributed by atoms with van der Waals surface area (Å²) in [6.45, 7) is 12.2. The van der Waals surface area contributed by atoms with Crippen molar-refractivity contribution in [2.24, 2.45) is 0 Å². The Labute approximate surface area is 108 Å². The van der Waals surface area contributed by atoms with Crippen LogP contribution in [0.2, 0.25) is 0 Å². The van der Waals surface area contributed by atoms with Gasteiger partial charge in [-0.25, -0.2) is 0 Å². The summed E-state index contributed by atoms with van der Waals surface area (Å²) >= 11 is 5.02. The van der Waals surface area contributed by atoms with Crippen LogP contribution in [0.5, 0.6) is 0 Å². The summed E-state index contributed by atoms with van der Waals surface area (Å²) in [5.74, 6) is -0.764. The predicted molar refractivity (Wildman–Crippen MR) is 72.5 cm³/mol. The van der Waals surface area contributed by atoms with Gasteiger partial charge in [0.15, 0.2) is 5.11 Å². The fraction of sp³-hybridized carbons (Fsp3) is 0.583. The maximum atomic E-state index is 11.5. The molecule has 1 saturated heterocycles. The monoisotopic (exact) mass is 256 g/mol. The number of amides is 2. The van der Waals surface area contributed by atoms with Crippen LogP contribution in [-0.4, -0.2) is 39.8 Å². The van der Waals surface area contributed by atoms with Crippen LogP contribution in [0.4, 0.5) is 0 Å². The third-order valence-electron chi connectivity index (χ3n) is 2.10. The Bertz CT molecular complexity index is 311. The lowest BCUT2D eigenvalue weighted by atomic mass is 10.2. The lowest BCUT2D eigenvalue weighted by molar-refractivity contribution is -0.133. The minimum atomic E-state index is -0.382. The van der Waals surface area contributed by atoms with E-state index < -0.39 is 0 Å². The van der Waals surface area contributed by atoms with Gasteiger partial charge in [-0.2, -0.15) is 0 Å². The molecule has 1 fully saturated rings. The summed E-state index contributed by atoms with van der Waals surface area (Å²) in [7, 11) is 0. The molecule has 0 unspecified atom stereocenters. The second-order valence-corrected chi connectivity index (χ2v) is 3.93. The van der Waals surface area contributed by atoms with Crippen LogP contribution in [0, 0.1) is 0 Å². The van der Waals surface area contributed by atoms with E-state index in [-0.39, 0.29) is 22.5 Å². The highest BCUT2D eigenvalue weighted by atomic mass is 32.1. The molecule has 1 aliphatic rings. The number of rotatable bonds is 2. The summed E-state index contributed by atoms with van der Waals surface area (Å²) < 4.78 is 0. The number of carbonyl (C=O) groups is 2. The number of carbonyl (C=O) groups excluding carboxylic acids is 2. The van der Waals surface area contributed by atoms with Gasteiger partial charge >= 0.3 is 0 Å². The molecular weight excluding hydrogens is 236 g/mol. The smallest absolute Gasteiger partial charge is 0.265 e.